The fourth-order valence-corrected chi connectivity index (χ4v) is 1.53. The number of amides is 1. The molecule has 0 bridgehead atoms. The van der Waals surface area contributed by atoms with Crippen LogP contribution in [-0.4, -0.2) is 11.9 Å². The zero-order valence-corrected chi connectivity index (χ0v) is 11.5. The molecule has 0 spiro atoms. The molecule has 0 fully saturated rings. The van der Waals surface area contributed by atoms with Crippen molar-refractivity contribution in [2.75, 3.05) is 0 Å². The van der Waals surface area contributed by atoms with E-state index in [0.717, 1.165) is 19.3 Å². The lowest BCUT2D eigenvalue weighted by molar-refractivity contribution is -0.117. The molecule has 96 valence electrons. The Labute approximate surface area is 105 Å². The Morgan fingerprint density at radius 2 is 2.18 bits per heavy atom. The fraction of sp³-hybridized carbons (Fsp3) is 0.533. The molecule has 1 aliphatic rings. The van der Waals surface area contributed by atoms with Crippen LogP contribution in [0.15, 0.2) is 36.0 Å². The summed E-state index contributed by atoms with van der Waals surface area (Å²) < 4.78 is 0. The van der Waals surface area contributed by atoms with E-state index < -0.39 is 0 Å². The highest BCUT2D eigenvalue weighted by Crippen LogP contribution is 2.14. The summed E-state index contributed by atoms with van der Waals surface area (Å²) in [6.45, 7) is 11.5. The number of hydrogen-bond acceptors (Lipinski definition) is 1. The Morgan fingerprint density at radius 3 is 2.71 bits per heavy atom. The molecule has 1 N–H and O–H groups in total. The van der Waals surface area contributed by atoms with Crippen molar-refractivity contribution in [1.29, 1.82) is 0 Å². The third-order valence-electron chi connectivity index (χ3n) is 2.57. The molecule has 0 radical (unpaired) electrons. The molecule has 1 unspecified atom stereocenters. The normalized spacial score (nSPS) is 18.4. The minimum Gasteiger partial charge on any atom is -0.346 e. The van der Waals surface area contributed by atoms with Gasteiger partial charge in [0, 0.05) is 5.57 Å². The summed E-state index contributed by atoms with van der Waals surface area (Å²) in [7, 11) is 0. The second kappa shape index (κ2) is 8.80. The summed E-state index contributed by atoms with van der Waals surface area (Å²) in [5.74, 6) is -0.0574. The molecular weight excluding hydrogens is 210 g/mol. The molecule has 0 saturated carbocycles. The number of carbonyl (C=O) groups is 1. The zero-order valence-electron chi connectivity index (χ0n) is 11.5. The monoisotopic (exact) mass is 235 g/mol. The lowest BCUT2D eigenvalue weighted by Gasteiger charge is -2.12. The van der Waals surface area contributed by atoms with Gasteiger partial charge in [0.05, 0.1) is 6.04 Å². The van der Waals surface area contributed by atoms with Crippen molar-refractivity contribution in [3.8, 4) is 0 Å². The summed E-state index contributed by atoms with van der Waals surface area (Å²) in [5, 5.41) is 2.93. The van der Waals surface area contributed by atoms with Gasteiger partial charge in [0.15, 0.2) is 0 Å². The van der Waals surface area contributed by atoms with E-state index in [0.29, 0.717) is 5.57 Å². The summed E-state index contributed by atoms with van der Waals surface area (Å²) in [6.07, 6.45) is 9.41. The smallest absolute Gasteiger partial charge is 0.246 e. The summed E-state index contributed by atoms with van der Waals surface area (Å²) in [6, 6.07) is 0.123. The van der Waals surface area contributed by atoms with Crippen LogP contribution in [0, 0.1) is 0 Å². The standard InChI is InChI=1S/C13H19NO.C2H6/c1-4-11-6-5-7-12(9-8-11)14-13(15)10(2)3;1-2/h5,7-8,12H,2,4,6,9H2,1,3H3,(H,14,15);1-2H3. The molecule has 1 aliphatic carbocycles. The molecule has 17 heavy (non-hydrogen) atoms. The quantitative estimate of drug-likeness (QED) is 0.585. The summed E-state index contributed by atoms with van der Waals surface area (Å²) in [4.78, 5) is 11.4. The van der Waals surface area contributed by atoms with Crippen molar-refractivity contribution in [2.24, 2.45) is 0 Å². The Hall–Kier alpha value is -1.31. The van der Waals surface area contributed by atoms with Crippen LogP contribution in [0.3, 0.4) is 0 Å². The SMILES string of the molecule is C=C(C)C(=O)NC1C=CCC(CC)=CC1.CC. The minimum absolute atomic E-state index is 0.0574. The molecule has 0 aromatic carbocycles. The Kier molecular flexibility index (Phi) is 8.12. The maximum Gasteiger partial charge on any atom is 0.246 e. The van der Waals surface area contributed by atoms with Crippen LogP contribution in [0.5, 0.6) is 0 Å². The molecule has 2 heteroatoms. The first-order valence-corrected chi connectivity index (χ1v) is 6.44. The maximum atomic E-state index is 11.4. The molecule has 1 atom stereocenters. The van der Waals surface area contributed by atoms with Gasteiger partial charge in [-0.2, -0.15) is 0 Å². The van der Waals surface area contributed by atoms with E-state index in [2.05, 4.69) is 37.0 Å². The number of carbonyl (C=O) groups excluding carboxylic acids is 1. The molecule has 0 aromatic rings. The Balaban J connectivity index is 0.00000121. The average Bonchev–Trinajstić information content (AvgIpc) is 2.56. The van der Waals surface area contributed by atoms with E-state index in [1.165, 1.54) is 5.57 Å². The van der Waals surface area contributed by atoms with Gasteiger partial charge < -0.3 is 5.32 Å². The van der Waals surface area contributed by atoms with Crippen LogP contribution in [0.2, 0.25) is 0 Å². The van der Waals surface area contributed by atoms with Crippen LogP contribution < -0.4 is 5.32 Å². The molecule has 0 heterocycles. The second-order valence-corrected chi connectivity index (χ2v) is 3.94. The van der Waals surface area contributed by atoms with Crippen molar-refractivity contribution >= 4 is 5.91 Å². The molecular formula is C15H25NO. The van der Waals surface area contributed by atoms with Crippen LogP contribution in [0.25, 0.3) is 0 Å². The van der Waals surface area contributed by atoms with Crippen molar-refractivity contribution in [3.63, 3.8) is 0 Å². The predicted octanol–water partition coefficient (Wildman–Crippen LogP) is 3.76. The van der Waals surface area contributed by atoms with Crippen molar-refractivity contribution in [3.05, 3.63) is 36.0 Å². The van der Waals surface area contributed by atoms with E-state index in [9.17, 15) is 4.79 Å². The first-order chi connectivity index (χ1) is 8.13. The average molecular weight is 235 g/mol. The fourth-order valence-electron chi connectivity index (χ4n) is 1.53. The van der Waals surface area contributed by atoms with Gasteiger partial charge in [-0.1, -0.05) is 51.2 Å². The highest BCUT2D eigenvalue weighted by molar-refractivity contribution is 5.92. The van der Waals surface area contributed by atoms with E-state index in [4.69, 9.17) is 0 Å². The van der Waals surface area contributed by atoms with E-state index in [-0.39, 0.29) is 11.9 Å². The number of nitrogens with one attached hydrogen (secondary N) is 1. The maximum absolute atomic E-state index is 11.4. The third kappa shape index (κ3) is 6.10. The number of allylic oxidation sites excluding steroid dienone is 2. The van der Waals surface area contributed by atoms with E-state index in [1.807, 2.05) is 13.8 Å². The molecule has 2 nitrogen and oxygen atoms in total. The van der Waals surface area contributed by atoms with Crippen molar-refractivity contribution in [2.45, 2.75) is 53.0 Å². The first-order valence-electron chi connectivity index (χ1n) is 6.44. The Bertz CT molecular complexity index is 313. The van der Waals surface area contributed by atoms with Crippen LogP contribution >= 0.6 is 0 Å². The topological polar surface area (TPSA) is 29.1 Å². The third-order valence-corrected chi connectivity index (χ3v) is 2.57. The predicted molar refractivity (Wildman–Crippen MR) is 74.8 cm³/mol. The van der Waals surface area contributed by atoms with Crippen molar-refractivity contribution < 1.29 is 4.79 Å². The molecule has 0 aliphatic heterocycles. The van der Waals surface area contributed by atoms with Crippen LogP contribution in [0.4, 0.5) is 0 Å². The van der Waals surface area contributed by atoms with Crippen LogP contribution in [-0.2, 0) is 4.79 Å². The van der Waals surface area contributed by atoms with Gasteiger partial charge in [0.1, 0.15) is 0 Å². The van der Waals surface area contributed by atoms with Gasteiger partial charge >= 0.3 is 0 Å². The summed E-state index contributed by atoms with van der Waals surface area (Å²) >= 11 is 0. The first kappa shape index (κ1) is 15.7. The summed E-state index contributed by atoms with van der Waals surface area (Å²) in [5.41, 5.74) is 2.01. The lowest BCUT2D eigenvalue weighted by Crippen LogP contribution is -2.33. The zero-order chi connectivity index (χ0) is 13.3. The van der Waals surface area contributed by atoms with Crippen LogP contribution in [0.1, 0.15) is 47.0 Å². The van der Waals surface area contributed by atoms with Gasteiger partial charge in [-0.05, 0) is 26.2 Å². The van der Waals surface area contributed by atoms with E-state index in [1.54, 1.807) is 6.92 Å². The minimum atomic E-state index is -0.0574. The van der Waals surface area contributed by atoms with Gasteiger partial charge in [0.2, 0.25) is 5.91 Å². The van der Waals surface area contributed by atoms with Gasteiger partial charge in [-0.3, -0.25) is 4.79 Å². The van der Waals surface area contributed by atoms with E-state index >= 15 is 0 Å². The highest BCUT2D eigenvalue weighted by atomic mass is 16.1. The second-order valence-electron chi connectivity index (χ2n) is 3.94. The molecule has 0 aromatic heterocycles. The lowest BCUT2D eigenvalue weighted by atomic mass is 10.1. The highest BCUT2D eigenvalue weighted by Gasteiger charge is 2.10. The molecule has 0 saturated heterocycles. The van der Waals surface area contributed by atoms with Crippen molar-refractivity contribution in [1.82, 2.24) is 5.32 Å². The number of hydrogen-bond donors (Lipinski definition) is 1. The Morgan fingerprint density at radius 1 is 1.53 bits per heavy atom. The number of rotatable bonds is 3. The largest absolute Gasteiger partial charge is 0.346 e. The molecule has 1 amide bonds. The van der Waals surface area contributed by atoms with Gasteiger partial charge in [-0.15, -0.1) is 0 Å². The van der Waals surface area contributed by atoms with Gasteiger partial charge in [-0.25, -0.2) is 0 Å². The molecule has 1 rings (SSSR count). The van der Waals surface area contributed by atoms with Gasteiger partial charge in [0.25, 0.3) is 0 Å².